The van der Waals surface area contributed by atoms with E-state index >= 15 is 0 Å². The number of hydrogen-bond donors (Lipinski definition) is 1. The topological polar surface area (TPSA) is 15.3 Å². The van der Waals surface area contributed by atoms with E-state index in [0.29, 0.717) is 17.6 Å². The van der Waals surface area contributed by atoms with Gasteiger partial charge in [-0.05, 0) is 50.6 Å². The van der Waals surface area contributed by atoms with Gasteiger partial charge in [0.25, 0.3) is 0 Å². The lowest BCUT2D eigenvalue weighted by Gasteiger charge is -2.24. The molecule has 4 heteroatoms. The minimum Gasteiger partial charge on any atom is -0.311 e. The minimum atomic E-state index is -0.283. The third-order valence-electron chi connectivity index (χ3n) is 3.53. The van der Waals surface area contributed by atoms with Gasteiger partial charge in [-0.1, -0.05) is 17.7 Å². The van der Waals surface area contributed by atoms with Crippen molar-refractivity contribution in [1.29, 1.82) is 0 Å². The molecule has 1 unspecified atom stereocenters. The molecule has 100 valence electrons. The van der Waals surface area contributed by atoms with Gasteiger partial charge in [0, 0.05) is 24.2 Å². The van der Waals surface area contributed by atoms with Crippen LogP contribution in [-0.2, 0) is 6.54 Å². The van der Waals surface area contributed by atoms with Crippen molar-refractivity contribution in [2.75, 3.05) is 19.6 Å². The van der Waals surface area contributed by atoms with Crippen LogP contribution in [0.25, 0.3) is 0 Å². The van der Waals surface area contributed by atoms with Crippen molar-refractivity contribution < 1.29 is 4.39 Å². The Balaban J connectivity index is 1.77. The highest BCUT2D eigenvalue weighted by atomic mass is 35.5. The van der Waals surface area contributed by atoms with Gasteiger partial charge < -0.3 is 5.32 Å². The van der Waals surface area contributed by atoms with Crippen LogP contribution in [-0.4, -0.2) is 30.6 Å². The highest BCUT2D eigenvalue weighted by molar-refractivity contribution is 6.31. The summed E-state index contributed by atoms with van der Waals surface area (Å²) in [4.78, 5) is 2.50. The molecular weight excluding hydrogens is 251 g/mol. The zero-order valence-electron chi connectivity index (χ0n) is 10.8. The summed E-state index contributed by atoms with van der Waals surface area (Å²) in [5.41, 5.74) is 0.951. The first-order valence-corrected chi connectivity index (χ1v) is 6.93. The van der Waals surface area contributed by atoms with Crippen LogP contribution in [0.15, 0.2) is 18.2 Å². The molecular formula is C14H20ClFN2. The predicted octanol–water partition coefficient (Wildman–Crippen LogP) is 3.05. The van der Waals surface area contributed by atoms with Gasteiger partial charge in [-0.15, -0.1) is 0 Å². The van der Waals surface area contributed by atoms with Crippen LogP contribution in [0.1, 0.15) is 25.3 Å². The molecule has 1 heterocycles. The van der Waals surface area contributed by atoms with Gasteiger partial charge in [0.05, 0.1) is 0 Å². The molecule has 1 aliphatic rings. The van der Waals surface area contributed by atoms with E-state index in [2.05, 4.69) is 17.1 Å². The Hall–Kier alpha value is -0.640. The van der Waals surface area contributed by atoms with Crippen molar-refractivity contribution in [1.82, 2.24) is 10.2 Å². The second kappa shape index (κ2) is 6.50. The second-order valence-corrected chi connectivity index (χ2v) is 5.37. The molecule has 18 heavy (non-hydrogen) atoms. The molecule has 1 aliphatic heterocycles. The number of nitrogens with one attached hydrogen (secondary N) is 1. The van der Waals surface area contributed by atoms with Crippen LogP contribution >= 0.6 is 11.6 Å². The Bertz CT molecular complexity index is 391. The van der Waals surface area contributed by atoms with E-state index < -0.39 is 0 Å². The van der Waals surface area contributed by atoms with E-state index in [9.17, 15) is 4.39 Å². The van der Waals surface area contributed by atoms with Gasteiger partial charge in [0.15, 0.2) is 0 Å². The first-order chi connectivity index (χ1) is 8.66. The molecule has 2 nitrogen and oxygen atoms in total. The maximum atomic E-state index is 12.9. The van der Waals surface area contributed by atoms with E-state index in [0.717, 1.165) is 12.1 Å². The van der Waals surface area contributed by atoms with Gasteiger partial charge in [-0.25, -0.2) is 4.39 Å². The molecule has 0 spiro atoms. The highest BCUT2D eigenvalue weighted by Gasteiger charge is 2.17. The molecule has 2 rings (SSSR count). The summed E-state index contributed by atoms with van der Waals surface area (Å²) in [7, 11) is 0. The lowest BCUT2D eigenvalue weighted by Crippen LogP contribution is -2.38. The van der Waals surface area contributed by atoms with Gasteiger partial charge in [0.1, 0.15) is 5.82 Å². The molecule has 1 N–H and O–H groups in total. The highest BCUT2D eigenvalue weighted by Crippen LogP contribution is 2.17. The first kappa shape index (κ1) is 13.8. The van der Waals surface area contributed by atoms with Crippen LogP contribution in [0, 0.1) is 5.82 Å². The molecule has 0 aliphatic carbocycles. The summed E-state index contributed by atoms with van der Waals surface area (Å²) < 4.78 is 12.9. The maximum absolute atomic E-state index is 12.9. The monoisotopic (exact) mass is 270 g/mol. The molecule has 0 radical (unpaired) electrons. The summed E-state index contributed by atoms with van der Waals surface area (Å²) in [5, 5.41) is 3.89. The van der Waals surface area contributed by atoms with Crippen molar-refractivity contribution in [3.8, 4) is 0 Å². The second-order valence-electron chi connectivity index (χ2n) is 4.96. The normalized spacial score (nSPS) is 18.2. The summed E-state index contributed by atoms with van der Waals surface area (Å²) in [5.74, 6) is -0.283. The van der Waals surface area contributed by atoms with Crippen LogP contribution in [0.5, 0.6) is 0 Å². The summed E-state index contributed by atoms with van der Waals surface area (Å²) >= 11 is 5.98. The van der Waals surface area contributed by atoms with E-state index in [1.165, 1.54) is 38.1 Å². The van der Waals surface area contributed by atoms with E-state index in [-0.39, 0.29) is 5.82 Å². The summed E-state index contributed by atoms with van der Waals surface area (Å²) in [6.07, 6.45) is 2.63. The Morgan fingerprint density at radius 3 is 2.78 bits per heavy atom. The average Bonchev–Trinajstić information content (AvgIpc) is 2.85. The van der Waals surface area contributed by atoms with Gasteiger partial charge in [-0.2, -0.15) is 0 Å². The van der Waals surface area contributed by atoms with Crippen LogP contribution in [0.3, 0.4) is 0 Å². The van der Waals surface area contributed by atoms with E-state index in [4.69, 9.17) is 11.6 Å². The molecule has 0 saturated carbocycles. The number of likely N-dealkylation sites (tertiary alicyclic amines) is 1. The molecule has 1 aromatic carbocycles. The predicted molar refractivity (Wildman–Crippen MR) is 73.4 cm³/mol. The van der Waals surface area contributed by atoms with E-state index in [1.807, 2.05) is 0 Å². The lowest BCUT2D eigenvalue weighted by atomic mass is 10.2. The average molecular weight is 271 g/mol. The SMILES string of the molecule is CC(CNCc1ccc(F)cc1Cl)N1CCCC1. The molecule has 1 atom stereocenters. The Morgan fingerprint density at radius 1 is 1.39 bits per heavy atom. The zero-order chi connectivity index (χ0) is 13.0. The summed E-state index contributed by atoms with van der Waals surface area (Å²) in [6, 6.07) is 5.10. The van der Waals surface area contributed by atoms with Crippen LogP contribution < -0.4 is 5.32 Å². The number of rotatable bonds is 5. The maximum Gasteiger partial charge on any atom is 0.124 e. The number of benzene rings is 1. The number of halogens is 2. The van der Waals surface area contributed by atoms with E-state index in [1.54, 1.807) is 6.07 Å². The molecule has 1 fully saturated rings. The largest absolute Gasteiger partial charge is 0.311 e. The third-order valence-corrected chi connectivity index (χ3v) is 3.89. The van der Waals surface area contributed by atoms with Gasteiger partial charge >= 0.3 is 0 Å². The van der Waals surface area contributed by atoms with Crippen molar-refractivity contribution in [2.45, 2.75) is 32.4 Å². The number of hydrogen-bond acceptors (Lipinski definition) is 2. The molecule has 1 aromatic rings. The van der Waals surface area contributed by atoms with Crippen molar-refractivity contribution in [2.24, 2.45) is 0 Å². The fourth-order valence-electron chi connectivity index (χ4n) is 2.39. The quantitative estimate of drug-likeness (QED) is 0.885. The Morgan fingerprint density at radius 2 is 2.11 bits per heavy atom. The third kappa shape index (κ3) is 3.67. The van der Waals surface area contributed by atoms with Gasteiger partial charge in [-0.3, -0.25) is 4.90 Å². The Labute approximate surface area is 113 Å². The molecule has 1 saturated heterocycles. The standard InChI is InChI=1S/C14H20ClFN2/c1-11(18-6-2-3-7-18)9-17-10-12-4-5-13(16)8-14(12)15/h4-5,8,11,17H,2-3,6-7,9-10H2,1H3. The minimum absolute atomic E-state index is 0.283. The number of nitrogens with zero attached hydrogens (tertiary/aromatic N) is 1. The molecule has 0 bridgehead atoms. The van der Waals surface area contributed by atoms with Gasteiger partial charge in [0.2, 0.25) is 0 Å². The fourth-order valence-corrected chi connectivity index (χ4v) is 2.63. The Kier molecular flexibility index (Phi) is 4.98. The fraction of sp³-hybridized carbons (Fsp3) is 0.571. The smallest absolute Gasteiger partial charge is 0.124 e. The first-order valence-electron chi connectivity index (χ1n) is 6.55. The van der Waals surface area contributed by atoms with Crippen molar-refractivity contribution in [3.05, 3.63) is 34.6 Å². The summed E-state index contributed by atoms with van der Waals surface area (Å²) in [6.45, 7) is 6.29. The molecule has 0 amide bonds. The zero-order valence-corrected chi connectivity index (χ0v) is 11.5. The lowest BCUT2D eigenvalue weighted by molar-refractivity contribution is 0.251. The van der Waals surface area contributed by atoms with Crippen LogP contribution in [0.2, 0.25) is 5.02 Å². The van der Waals surface area contributed by atoms with Crippen LogP contribution in [0.4, 0.5) is 4.39 Å². The van der Waals surface area contributed by atoms with Crippen molar-refractivity contribution in [3.63, 3.8) is 0 Å². The molecule has 0 aromatic heterocycles. The van der Waals surface area contributed by atoms with Crippen molar-refractivity contribution >= 4 is 11.6 Å².